The van der Waals surface area contributed by atoms with E-state index < -0.39 is 5.97 Å². The molecule has 1 aromatic heterocycles. The molecule has 0 saturated heterocycles. The van der Waals surface area contributed by atoms with E-state index in [4.69, 9.17) is 23.2 Å². The maximum absolute atomic E-state index is 11.4. The molecule has 0 aliphatic rings. The van der Waals surface area contributed by atoms with E-state index in [0.717, 1.165) is 5.56 Å². The van der Waals surface area contributed by atoms with Gasteiger partial charge in [0.2, 0.25) is 0 Å². The zero-order chi connectivity index (χ0) is 15.6. The number of carbonyl (C=O) groups is 1. The lowest BCUT2D eigenvalue weighted by Crippen LogP contribution is -2.04. The number of hydrogen-bond acceptors (Lipinski definition) is 2. The van der Waals surface area contributed by atoms with Gasteiger partial charge in [-0.1, -0.05) is 49.2 Å². The lowest BCUT2D eigenvalue weighted by Gasteiger charge is -2.04. The third kappa shape index (κ3) is 3.77. The number of halogens is 2. The van der Waals surface area contributed by atoms with Crippen molar-refractivity contribution in [3.05, 3.63) is 51.3 Å². The van der Waals surface area contributed by atoms with Crippen LogP contribution in [0.4, 0.5) is 0 Å². The summed E-state index contributed by atoms with van der Waals surface area (Å²) >= 11 is 12.0. The van der Waals surface area contributed by atoms with E-state index in [0.29, 0.717) is 29.6 Å². The highest BCUT2D eigenvalue weighted by Gasteiger charge is 2.22. The van der Waals surface area contributed by atoms with Crippen LogP contribution >= 0.6 is 23.2 Å². The fraction of sp³-hybridized carbons (Fsp3) is 0.333. The summed E-state index contributed by atoms with van der Waals surface area (Å²) in [6, 6.07) is 7.29. The molecule has 2 aromatic rings. The maximum atomic E-state index is 11.4. The van der Waals surface area contributed by atoms with Crippen molar-refractivity contribution in [3.8, 4) is 0 Å². The smallest absolute Gasteiger partial charge is 0.340 e. The minimum atomic E-state index is -1.04. The van der Waals surface area contributed by atoms with Gasteiger partial charge in [0.1, 0.15) is 10.7 Å². The van der Waals surface area contributed by atoms with Crippen LogP contribution in [-0.4, -0.2) is 20.9 Å². The third-order valence-electron chi connectivity index (χ3n) is 3.02. The number of carboxylic acids is 1. The van der Waals surface area contributed by atoms with Gasteiger partial charge in [-0.3, -0.25) is 0 Å². The Hall–Kier alpha value is -1.52. The van der Waals surface area contributed by atoms with E-state index in [1.807, 2.05) is 26.0 Å². The standard InChI is InChI=1S/C15H16Cl2N2O2/c1-9(2)7-12-13(15(20)21)14(17)19(18-12)8-10-3-5-11(16)6-4-10/h3-6,9H,7-8H2,1-2H3,(H,20,21). The number of aromatic carboxylic acids is 1. The SMILES string of the molecule is CC(C)Cc1nn(Cc2ccc(Cl)cc2)c(Cl)c1C(=O)O. The third-order valence-corrected chi connectivity index (χ3v) is 3.66. The lowest BCUT2D eigenvalue weighted by molar-refractivity contribution is 0.0695. The Morgan fingerprint density at radius 3 is 2.43 bits per heavy atom. The summed E-state index contributed by atoms with van der Waals surface area (Å²) in [7, 11) is 0. The molecule has 0 atom stereocenters. The largest absolute Gasteiger partial charge is 0.478 e. The van der Waals surface area contributed by atoms with Crippen LogP contribution in [-0.2, 0) is 13.0 Å². The highest BCUT2D eigenvalue weighted by Crippen LogP contribution is 2.23. The molecular formula is C15H16Cl2N2O2. The molecule has 1 heterocycles. The van der Waals surface area contributed by atoms with Crippen molar-refractivity contribution in [1.82, 2.24) is 9.78 Å². The summed E-state index contributed by atoms with van der Waals surface area (Å²) in [6.07, 6.45) is 0.578. The second-order valence-electron chi connectivity index (χ2n) is 5.30. The molecule has 0 saturated carbocycles. The molecule has 0 amide bonds. The zero-order valence-electron chi connectivity index (χ0n) is 11.8. The Kier molecular flexibility index (Phi) is 4.91. The van der Waals surface area contributed by atoms with Gasteiger partial charge in [-0.05, 0) is 30.0 Å². The van der Waals surface area contributed by atoms with Crippen LogP contribution in [0.2, 0.25) is 10.2 Å². The van der Waals surface area contributed by atoms with Gasteiger partial charge in [0, 0.05) is 5.02 Å². The monoisotopic (exact) mass is 326 g/mol. The van der Waals surface area contributed by atoms with E-state index >= 15 is 0 Å². The van der Waals surface area contributed by atoms with Crippen LogP contribution in [0.1, 0.15) is 35.5 Å². The van der Waals surface area contributed by atoms with Crippen LogP contribution < -0.4 is 0 Å². The first-order valence-corrected chi connectivity index (χ1v) is 7.37. The molecule has 0 unspecified atom stereocenters. The Bertz CT molecular complexity index is 648. The van der Waals surface area contributed by atoms with Crippen molar-refractivity contribution in [1.29, 1.82) is 0 Å². The van der Waals surface area contributed by atoms with Gasteiger partial charge in [0.15, 0.2) is 0 Å². The number of hydrogen-bond donors (Lipinski definition) is 1. The van der Waals surface area contributed by atoms with Crippen molar-refractivity contribution in [2.45, 2.75) is 26.8 Å². The van der Waals surface area contributed by atoms with Crippen molar-refractivity contribution < 1.29 is 9.90 Å². The molecule has 4 nitrogen and oxygen atoms in total. The fourth-order valence-corrected chi connectivity index (χ4v) is 2.51. The number of carboxylic acid groups (broad SMARTS) is 1. The number of aromatic nitrogens is 2. The Morgan fingerprint density at radius 2 is 1.90 bits per heavy atom. The molecule has 0 radical (unpaired) electrons. The second kappa shape index (κ2) is 6.50. The average molecular weight is 327 g/mol. The van der Waals surface area contributed by atoms with Crippen molar-refractivity contribution in [3.63, 3.8) is 0 Å². The summed E-state index contributed by atoms with van der Waals surface area (Å²) in [5.41, 5.74) is 1.58. The fourth-order valence-electron chi connectivity index (χ4n) is 2.10. The van der Waals surface area contributed by atoms with E-state index in [1.54, 1.807) is 12.1 Å². The Morgan fingerprint density at radius 1 is 1.29 bits per heavy atom. The molecule has 0 spiro atoms. The zero-order valence-corrected chi connectivity index (χ0v) is 13.3. The second-order valence-corrected chi connectivity index (χ2v) is 6.09. The van der Waals surface area contributed by atoms with Crippen LogP contribution in [0.15, 0.2) is 24.3 Å². The highest BCUT2D eigenvalue weighted by molar-refractivity contribution is 6.32. The minimum absolute atomic E-state index is 0.0966. The molecule has 112 valence electrons. The molecule has 1 N–H and O–H groups in total. The maximum Gasteiger partial charge on any atom is 0.340 e. The number of benzene rings is 1. The predicted octanol–water partition coefficient (Wildman–Crippen LogP) is 4.13. The van der Waals surface area contributed by atoms with Gasteiger partial charge in [-0.15, -0.1) is 0 Å². The Balaban J connectivity index is 2.35. The highest BCUT2D eigenvalue weighted by atomic mass is 35.5. The van der Waals surface area contributed by atoms with Gasteiger partial charge in [0.25, 0.3) is 0 Å². The van der Waals surface area contributed by atoms with E-state index in [1.165, 1.54) is 4.68 Å². The van der Waals surface area contributed by atoms with Gasteiger partial charge in [-0.25, -0.2) is 9.48 Å². The van der Waals surface area contributed by atoms with Crippen molar-refractivity contribution in [2.24, 2.45) is 5.92 Å². The molecule has 1 aromatic carbocycles. The molecule has 0 aliphatic heterocycles. The average Bonchev–Trinajstić information content (AvgIpc) is 2.68. The van der Waals surface area contributed by atoms with Crippen LogP contribution in [0.25, 0.3) is 0 Å². The lowest BCUT2D eigenvalue weighted by atomic mass is 10.1. The van der Waals surface area contributed by atoms with E-state index in [-0.39, 0.29) is 10.7 Å². The summed E-state index contributed by atoms with van der Waals surface area (Å²) in [6.45, 7) is 4.43. The summed E-state index contributed by atoms with van der Waals surface area (Å²) < 4.78 is 1.52. The molecule has 2 rings (SSSR count). The van der Waals surface area contributed by atoms with Crippen molar-refractivity contribution in [2.75, 3.05) is 0 Å². The van der Waals surface area contributed by atoms with Gasteiger partial charge >= 0.3 is 5.97 Å². The minimum Gasteiger partial charge on any atom is -0.478 e. The first-order valence-electron chi connectivity index (χ1n) is 6.61. The van der Waals surface area contributed by atoms with Crippen LogP contribution in [0.3, 0.4) is 0 Å². The molecule has 0 aliphatic carbocycles. The first kappa shape index (κ1) is 15.9. The predicted molar refractivity (Wildman–Crippen MR) is 83.3 cm³/mol. The molecular weight excluding hydrogens is 311 g/mol. The van der Waals surface area contributed by atoms with Crippen molar-refractivity contribution >= 4 is 29.2 Å². The Labute approximate surface area is 133 Å². The summed E-state index contributed by atoms with van der Waals surface area (Å²) in [5, 5.41) is 14.5. The van der Waals surface area contributed by atoms with Gasteiger partial charge < -0.3 is 5.11 Å². The molecule has 0 bridgehead atoms. The van der Waals surface area contributed by atoms with Crippen LogP contribution in [0.5, 0.6) is 0 Å². The topological polar surface area (TPSA) is 55.1 Å². The molecule has 21 heavy (non-hydrogen) atoms. The number of rotatable bonds is 5. The van der Waals surface area contributed by atoms with Gasteiger partial charge in [-0.2, -0.15) is 5.10 Å². The molecule has 6 heteroatoms. The first-order chi connectivity index (χ1) is 9.88. The summed E-state index contributed by atoms with van der Waals surface area (Å²) in [5.74, 6) is -0.740. The number of nitrogens with zero attached hydrogens (tertiary/aromatic N) is 2. The van der Waals surface area contributed by atoms with E-state index in [2.05, 4.69) is 5.10 Å². The normalized spacial score (nSPS) is 11.1. The molecule has 0 fully saturated rings. The van der Waals surface area contributed by atoms with E-state index in [9.17, 15) is 9.90 Å². The van der Waals surface area contributed by atoms with Crippen LogP contribution in [0, 0.1) is 5.92 Å². The summed E-state index contributed by atoms with van der Waals surface area (Å²) in [4.78, 5) is 11.4. The quantitative estimate of drug-likeness (QED) is 0.898. The van der Waals surface area contributed by atoms with Gasteiger partial charge in [0.05, 0.1) is 12.2 Å².